The Kier molecular flexibility index (Phi) is 3.28. The third-order valence-electron chi connectivity index (χ3n) is 2.75. The SMILES string of the molecule is OC1COc2cc(OCc3ccc(Br)s3)ccc21. The van der Waals surface area contributed by atoms with Gasteiger partial charge in [-0.1, -0.05) is 0 Å². The molecule has 1 aliphatic rings. The molecule has 0 fully saturated rings. The van der Waals surface area contributed by atoms with Gasteiger partial charge < -0.3 is 14.6 Å². The van der Waals surface area contributed by atoms with Crippen molar-refractivity contribution in [3.8, 4) is 11.5 Å². The molecule has 5 heteroatoms. The lowest BCUT2D eigenvalue weighted by Gasteiger charge is -2.06. The van der Waals surface area contributed by atoms with Gasteiger partial charge in [-0.2, -0.15) is 0 Å². The second-order valence-corrected chi connectivity index (χ2v) is 6.57. The van der Waals surface area contributed by atoms with Crippen LogP contribution in [0.1, 0.15) is 16.5 Å². The molecule has 94 valence electrons. The first kappa shape index (κ1) is 12.0. The van der Waals surface area contributed by atoms with Crippen LogP contribution in [0.4, 0.5) is 0 Å². The van der Waals surface area contributed by atoms with E-state index >= 15 is 0 Å². The zero-order chi connectivity index (χ0) is 12.5. The van der Waals surface area contributed by atoms with Crippen molar-refractivity contribution < 1.29 is 14.6 Å². The molecule has 3 rings (SSSR count). The molecule has 2 heterocycles. The van der Waals surface area contributed by atoms with Gasteiger partial charge in [-0.05, 0) is 40.2 Å². The maximum absolute atomic E-state index is 9.61. The molecule has 1 aromatic carbocycles. The van der Waals surface area contributed by atoms with Crippen molar-refractivity contribution >= 4 is 27.3 Å². The molecule has 0 radical (unpaired) electrons. The summed E-state index contributed by atoms with van der Waals surface area (Å²) in [7, 11) is 0. The maximum Gasteiger partial charge on any atom is 0.129 e. The lowest BCUT2D eigenvalue weighted by atomic mass is 10.1. The highest BCUT2D eigenvalue weighted by molar-refractivity contribution is 9.11. The molecule has 0 amide bonds. The van der Waals surface area contributed by atoms with Crippen LogP contribution in [0, 0.1) is 0 Å². The summed E-state index contributed by atoms with van der Waals surface area (Å²) in [4.78, 5) is 1.16. The number of aliphatic hydroxyl groups excluding tert-OH is 1. The third kappa shape index (κ3) is 2.39. The summed E-state index contributed by atoms with van der Waals surface area (Å²) >= 11 is 5.07. The van der Waals surface area contributed by atoms with Crippen LogP contribution in [0.25, 0.3) is 0 Å². The van der Waals surface area contributed by atoms with Crippen molar-refractivity contribution in [3.05, 3.63) is 44.6 Å². The van der Waals surface area contributed by atoms with Crippen molar-refractivity contribution in [2.45, 2.75) is 12.7 Å². The van der Waals surface area contributed by atoms with E-state index in [9.17, 15) is 5.11 Å². The molecule has 1 aliphatic heterocycles. The number of thiophene rings is 1. The van der Waals surface area contributed by atoms with E-state index in [1.54, 1.807) is 11.3 Å². The van der Waals surface area contributed by atoms with Crippen LogP contribution in [-0.2, 0) is 6.61 Å². The lowest BCUT2D eigenvalue weighted by Crippen LogP contribution is -1.97. The number of ether oxygens (including phenoxy) is 2. The Morgan fingerprint density at radius 2 is 2.28 bits per heavy atom. The molecule has 1 aromatic heterocycles. The summed E-state index contributed by atoms with van der Waals surface area (Å²) in [6.45, 7) is 0.869. The van der Waals surface area contributed by atoms with Gasteiger partial charge in [0.25, 0.3) is 0 Å². The molecule has 2 aromatic rings. The molecular weight excluding hydrogens is 316 g/mol. The Morgan fingerprint density at radius 3 is 3.06 bits per heavy atom. The van der Waals surface area contributed by atoms with E-state index in [-0.39, 0.29) is 0 Å². The second kappa shape index (κ2) is 4.91. The highest BCUT2D eigenvalue weighted by Gasteiger charge is 2.21. The fourth-order valence-electron chi connectivity index (χ4n) is 1.85. The first-order valence-corrected chi connectivity index (χ1v) is 7.15. The quantitative estimate of drug-likeness (QED) is 0.937. The standard InChI is InChI=1S/C13H11BrO3S/c14-13-4-2-9(18-13)6-16-8-1-3-10-11(15)7-17-12(10)5-8/h1-5,11,15H,6-7H2. The van der Waals surface area contributed by atoms with E-state index in [0.29, 0.717) is 19.0 Å². The Bertz CT molecular complexity index is 567. The smallest absolute Gasteiger partial charge is 0.129 e. The number of fused-ring (bicyclic) bond motifs is 1. The highest BCUT2D eigenvalue weighted by atomic mass is 79.9. The molecule has 0 aliphatic carbocycles. The minimum absolute atomic E-state index is 0.330. The highest BCUT2D eigenvalue weighted by Crippen LogP contribution is 2.35. The Hall–Kier alpha value is -1.04. The minimum atomic E-state index is -0.512. The van der Waals surface area contributed by atoms with Crippen LogP contribution >= 0.6 is 27.3 Å². The summed E-state index contributed by atoms with van der Waals surface area (Å²) in [6.07, 6.45) is -0.512. The number of hydrogen-bond donors (Lipinski definition) is 1. The zero-order valence-electron chi connectivity index (χ0n) is 9.43. The van der Waals surface area contributed by atoms with E-state index in [1.807, 2.05) is 30.3 Å². The van der Waals surface area contributed by atoms with Crippen LogP contribution in [-0.4, -0.2) is 11.7 Å². The average Bonchev–Trinajstić information content (AvgIpc) is 2.94. The molecule has 3 nitrogen and oxygen atoms in total. The van der Waals surface area contributed by atoms with Crippen LogP contribution in [0.2, 0.25) is 0 Å². The Morgan fingerprint density at radius 1 is 1.39 bits per heavy atom. The first-order chi connectivity index (χ1) is 8.72. The van der Waals surface area contributed by atoms with Crippen molar-refractivity contribution in [1.82, 2.24) is 0 Å². The van der Waals surface area contributed by atoms with Crippen LogP contribution in [0.3, 0.4) is 0 Å². The third-order valence-corrected chi connectivity index (χ3v) is 4.35. The average molecular weight is 327 g/mol. The van der Waals surface area contributed by atoms with Gasteiger partial charge in [-0.3, -0.25) is 0 Å². The predicted molar refractivity (Wildman–Crippen MR) is 73.2 cm³/mol. The minimum Gasteiger partial charge on any atom is -0.490 e. The molecule has 0 saturated heterocycles. The van der Waals surface area contributed by atoms with Gasteiger partial charge >= 0.3 is 0 Å². The monoisotopic (exact) mass is 326 g/mol. The number of hydrogen-bond acceptors (Lipinski definition) is 4. The number of benzene rings is 1. The molecule has 1 unspecified atom stereocenters. The van der Waals surface area contributed by atoms with Crippen LogP contribution < -0.4 is 9.47 Å². The van der Waals surface area contributed by atoms with Crippen molar-refractivity contribution in [2.24, 2.45) is 0 Å². The van der Waals surface area contributed by atoms with Gasteiger partial charge in [0.05, 0.1) is 3.79 Å². The summed E-state index contributed by atoms with van der Waals surface area (Å²) in [5, 5.41) is 9.61. The zero-order valence-corrected chi connectivity index (χ0v) is 11.8. The molecule has 1 N–H and O–H groups in total. The lowest BCUT2D eigenvalue weighted by molar-refractivity contribution is 0.140. The van der Waals surface area contributed by atoms with Gasteiger partial charge in [0.2, 0.25) is 0 Å². The number of halogens is 1. The van der Waals surface area contributed by atoms with Gasteiger partial charge in [0.15, 0.2) is 0 Å². The molecule has 0 spiro atoms. The van der Waals surface area contributed by atoms with Crippen LogP contribution in [0.5, 0.6) is 11.5 Å². The van der Waals surface area contributed by atoms with Gasteiger partial charge in [0, 0.05) is 16.5 Å². The van der Waals surface area contributed by atoms with E-state index in [2.05, 4.69) is 15.9 Å². The number of rotatable bonds is 3. The number of aliphatic hydroxyl groups is 1. The summed E-state index contributed by atoms with van der Waals surface area (Å²) in [5.41, 5.74) is 0.834. The topological polar surface area (TPSA) is 38.7 Å². The van der Waals surface area contributed by atoms with Crippen molar-refractivity contribution in [3.63, 3.8) is 0 Å². The van der Waals surface area contributed by atoms with E-state index in [1.165, 1.54) is 0 Å². The largest absolute Gasteiger partial charge is 0.490 e. The Balaban J connectivity index is 1.70. The fraction of sp³-hybridized carbons (Fsp3) is 0.231. The van der Waals surface area contributed by atoms with Crippen LogP contribution in [0.15, 0.2) is 34.1 Å². The van der Waals surface area contributed by atoms with E-state index in [0.717, 1.165) is 20.0 Å². The summed E-state index contributed by atoms with van der Waals surface area (Å²) in [6, 6.07) is 9.58. The molecule has 0 saturated carbocycles. The summed E-state index contributed by atoms with van der Waals surface area (Å²) in [5.74, 6) is 1.47. The second-order valence-electron chi connectivity index (χ2n) is 4.02. The normalized spacial score (nSPS) is 17.3. The first-order valence-electron chi connectivity index (χ1n) is 5.54. The molecule has 1 atom stereocenters. The van der Waals surface area contributed by atoms with Gasteiger partial charge in [-0.25, -0.2) is 0 Å². The van der Waals surface area contributed by atoms with E-state index < -0.39 is 6.10 Å². The molecular formula is C13H11BrO3S. The van der Waals surface area contributed by atoms with Crippen molar-refractivity contribution in [1.29, 1.82) is 0 Å². The van der Waals surface area contributed by atoms with Gasteiger partial charge in [0.1, 0.15) is 30.8 Å². The molecule has 18 heavy (non-hydrogen) atoms. The van der Waals surface area contributed by atoms with E-state index in [4.69, 9.17) is 9.47 Å². The predicted octanol–water partition coefficient (Wildman–Crippen LogP) is 3.52. The maximum atomic E-state index is 9.61. The van der Waals surface area contributed by atoms with Gasteiger partial charge in [-0.15, -0.1) is 11.3 Å². The molecule has 0 bridgehead atoms. The van der Waals surface area contributed by atoms with Crippen molar-refractivity contribution in [2.75, 3.05) is 6.61 Å². The fourth-order valence-corrected chi connectivity index (χ4v) is 3.24. The Labute approximate surface area is 117 Å². The summed E-state index contributed by atoms with van der Waals surface area (Å²) < 4.78 is 12.2.